The predicted molar refractivity (Wildman–Crippen MR) is 108 cm³/mol. The van der Waals surface area contributed by atoms with Crippen LogP contribution in [-0.4, -0.2) is 22.4 Å². The SMILES string of the molecule is COc1ccc(-c2cn3c(CCC(=O)Nc4cccc(F)c4)csc3n2)cc1. The molecule has 2 aromatic heterocycles. The van der Waals surface area contributed by atoms with Gasteiger partial charge < -0.3 is 10.1 Å². The number of nitrogens with one attached hydrogen (secondary N) is 1. The zero-order valence-corrected chi connectivity index (χ0v) is 16.0. The van der Waals surface area contributed by atoms with Gasteiger partial charge in [0.2, 0.25) is 5.91 Å². The number of methoxy groups -OCH3 is 1. The van der Waals surface area contributed by atoms with Gasteiger partial charge in [0.1, 0.15) is 11.6 Å². The van der Waals surface area contributed by atoms with Crippen molar-refractivity contribution in [1.29, 1.82) is 0 Å². The maximum atomic E-state index is 13.2. The Morgan fingerprint density at radius 3 is 2.82 bits per heavy atom. The van der Waals surface area contributed by atoms with Crippen molar-refractivity contribution >= 4 is 27.9 Å². The molecule has 0 saturated heterocycles. The summed E-state index contributed by atoms with van der Waals surface area (Å²) in [7, 11) is 1.64. The quantitative estimate of drug-likeness (QED) is 0.511. The zero-order chi connectivity index (χ0) is 19.5. The summed E-state index contributed by atoms with van der Waals surface area (Å²) in [5.74, 6) is 0.275. The summed E-state index contributed by atoms with van der Waals surface area (Å²) < 4.78 is 20.4. The lowest BCUT2D eigenvalue weighted by Gasteiger charge is -2.05. The smallest absolute Gasteiger partial charge is 0.224 e. The second kappa shape index (κ2) is 7.82. The maximum Gasteiger partial charge on any atom is 0.224 e. The summed E-state index contributed by atoms with van der Waals surface area (Å²) in [5, 5.41) is 4.73. The third-order valence-electron chi connectivity index (χ3n) is 4.39. The Labute approximate surface area is 165 Å². The summed E-state index contributed by atoms with van der Waals surface area (Å²) in [5.41, 5.74) is 3.36. The van der Waals surface area contributed by atoms with Gasteiger partial charge >= 0.3 is 0 Å². The van der Waals surface area contributed by atoms with Gasteiger partial charge in [0.15, 0.2) is 4.96 Å². The number of hydrogen-bond acceptors (Lipinski definition) is 4. The van der Waals surface area contributed by atoms with E-state index in [0.717, 1.165) is 27.7 Å². The molecule has 0 atom stereocenters. The van der Waals surface area contributed by atoms with Crippen molar-refractivity contribution in [2.24, 2.45) is 0 Å². The lowest BCUT2D eigenvalue weighted by molar-refractivity contribution is -0.116. The monoisotopic (exact) mass is 395 g/mol. The van der Waals surface area contributed by atoms with Crippen molar-refractivity contribution in [3.8, 4) is 17.0 Å². The van der Waals surface area contributed by atoms with E-state index in [1.54, 1.807) is 30.6 Å². The highest BCUT2D eigenvalue weighted by molar-refractivity contribution is 7.15. The van der Waals surface area contributed by atoms with Crippen LogP contribution in [0.15, 0.2) is 60.1 Å². The molecule has 2 heterocycles. The number of rotatable bonds is 6. The van der Waals surface area contributed by atoms with Crippen molar-refractivity contribution in [3.05, 3.63) is 71.6 Å². The van der Waals surface area contributed by atoms with Gasteiger partial charge in [0, 0.05) is 34.9 Å². The van der Waals surface area contributed by atoms with Crippen molar-refractivity contribution in [2.75, 3.05) is 12.4 Å². The van der Waals surface area contributed by atoms with Crippen molar-refractivity contribution in [3.63, 3.8) is 0 Å². The Morgan fingerprint density at radius 2 is 2.07 bits per heavy atom. The third-order valence-corrected chi connectivity index (χ3v) is 5.27. The molecule has 142 valence electrons. The summed E-state index contributed by atoms with van der Waals surface area (Å²) in [6, 6.07) is 13.6. The van der Waals surface area contributed by atoms with E-state index in [4.69, 9.17) is 4.74 Å². The summed E-state index contributed by atoms with van der Waals surface area (Å²) in [6.07, 6.45) is 2.85. The fourth-order valence-corrected chi connectivity index (χ4v) is 3.85. The molecule has 4 aromatic rings. The van der Waals surface area contributed by atoms with Crippen LogP contribution in [0.4, 0.5) is 10.1 Å². The van der Waals surface area contributed by atoms with Crippen LogP contribution in [0.2, 0.25) is 0 Å². The first-order chi connectivity index (χ1) is 13.6. The van der Waals surface area contributed by atoms with Gasteiger partial charge in [-0.15, -0.1) is 11.3 Å². The van der Waals surface area contributed by atoms with Gasteiger partial charge in [-0.05, 0) is 48.9 Å². The molecule has 1 N–H and O–H groups in total. The highest BCUT2D eigenvalue weighted by Gasteiger charge is 2.11. The largest absolute Gasteiger partial charge is 0.497 e. The summed E-state index contributed by atoms with van der Waals surface area (Å²) >= 11 is 1.54. The number of carbonyl (C=O) groups excluding carboxylic acids is 1. The second-order valence-electron chi connectivity index (χ2n) is 6.29. The lowest BCUT2D eigenvalue weighted by atomic mass is 10.1. The van der Waals surface area contributed by atoms with E-state index in [9.17, 15) is 9.18 Å². The molecule has 0 fully saturated rings. The minimum absolute atomic E-state index is 0.152. The molecular weight excluding hydrogens is 377 g/mol. The minimum atomic E-state index is -0.373. The number of halogens is 1. The number of carbonyl (C=O) groups is 1. The van der Waals surface area contributed by atoms with E-state index < -0.39 is 0 Å². The highest BCUT2D eigenvalue weighted by atomic mass is 32.1. The van der Waals surface area contributed by atoms with E-state index in [1.807, 2.05) is 40.2 Å². The van der Waals surface area contributed by atoms with Crippen LogP contribution in [0.25, 0.3) is 16.2 Å². The number of hydrogen-bond donors (Lipinski definition) is 1. The van der Waals surface area contributed by atoms with Crippen LogP contribution in [0.5, 0.6) is 5.75 Å². The standard InChI is InChI=1S/C21H18FN3O2S/c1-27-18-8-5-14(6-9-18)19-12-25-17(13-28-21(25)24-19)7-10-20(26)23-16-4-2-3-15(22)11-16/h2-6,8-9,11-13H,7,10H2,1H3,(H,23,26). The van der Waals surface area contributed by atoms with Crippen molar-refractivity contribution < 1.29 is 13.9 Å². The van der Waals surface area contributed by atoms with Crippen LogP contribution >= 0.6 is 11.3 Å². The molecule has 0 radical (unpaired) electrons. The fraction of sp³-hybridized carbons (Fsp3) is 0.143. The molecule has 0 aliphatic carbocycles. The predicted octanol–water partition coefficient (Wildman–Crippen LogP) is 4.78. The molecule has 4 rings (SSSR count). The number of aryl methyl sites for hydroxylation is 1. The van der Waals surface area contributed by atoms with Crippen LogP contribution in [0.3, 0.4) is 0 Å². The van der Waals surface area contributed by atoms with Gasteiger partial charge in [0.25, 0.3) is 0 Å². The van der Waals surface area contributed by atoms with Crippen LogP contribution in [-0.2, 0) is 11.2 Å². The Bertz CT molecular complexity index is 1120. The Morgan fingerprint density at radius 1 is 1.25 bits per heavy atom. The van der Waals surface area contributed by atoms with E-state index >= 15 is 0 Å². The third kappa shape index (κ3) is 3.89. The van der Waals surface area contributed by atoms with E-state index in [2.05, 4.69) is 10.3 Å². The number of anilines is 1. The average Bonchev–Trinajstić information content (AvgIpc) is 3.27. The summed E-state index contributed by atoms with van der Waals surface area (Å²) in [6.45, 7) is 0. The molecular formula is C21H18FN3O2S. The van der Waals surface area contributed by atoms with Gasteiger partial charge in [-0.2, -0.15) is 0 Å². The first kappa shape index (κ1) is 18.2. The number of benzene rings is 2. The zero-order valence-electron chi connectivity index (χ0n) is 15.2. The number of fused-ring (bicyclic) bond motifs is 1. The van der Waals surface area contributed by atoms with E-state index in [1.165, 1.54) is 12.1 Å². The van der Waals surface area contributed by atoms with Crippen LogP contribution < -0.4 is 10.1 Å². The van der Waals surface area contributed by atoms with E-state index in [0.29, 0.717) is 18.5 Å². The normalized spacial score (nSPS) is 10.9. The van der Waals surface area contributed by atoms with Crippen LogP contribution in [0.1, 0.15) is 12.1 Å². The molecule has 0 bridgehead atoms. The minimum Gasteiger partial charge on any atom is -0.497 e. The molecule has 7 heteroatoms. The number of thiazole rings is 1. The summed E-state index contributed by atoms with van der Waals surface area (Å²) in [4.78, 5) is 17.7. The number of imidazole rings is 1. The number of aromatic nitrogens is 2. The molecule has 5 nitrogen and oxygen atoms in total. The van der Waals surface area contributed by atoms with E-state index in [-0.39, 0.29) is 11.7 Å². The average molecular weight is 395 g/mol. The highest BCUT2D eigenvalue weighted by Crippen LogP contribution is 2.26. The van der Waals surface area contributed by atoms with Gasteiger partial charge in [-0.25, -0.2) is 9.37 Å². The van der Waals surface area contributed by atoms with Gasteiger partial charge in [-0.1, -0.05) is 6.07 Å². The Balaban J connectivity index is 1.45. The van der Waals surface area contributed by atoms with Crippen molar-refractivity contribution in [1.82, 2.24) is 9.38 Å². The van der Waals surface area contributed by atoms with Crippen molar-refractivity contribution in [2.45, 2.75) is 12.8 Å². The number of ether oxygens (including phenoxy) is 1. The fourth-order valence-electron chi connectivity index (χ4n) is 2.94. The van der Waals surface area contributed by atoms with Gasteiger partial charge in [0.05, 0.1) is 12.8 Å². The Kier molecular flexibility index (Phi) is 5.08. The molecule has 0 saturated carbocycles. The van der Waals surface area contributed by atoms with Gasteiger partial charge in [-0.3, -0.25) is 9.20 Å². The molecule has 0 spiro atoms. The lowest BCUT2D eigenvalue weighted by Crippen LogP contribution is -2.12. The first-order valence-electron chi connectivity index (χ1n) is 8.78. The number of nitrogens with zero attached hydrogens (tertiary/aromatic N) is 2. The molecule has 0 unspecified atom stereocenters. The molecule has 1 amide bonds. The molecule has 2 aromatic carbocycles. The first-order valence-corrected chi connectivity index (χ1v) is 9.65. The number of amides is 1. The molecule has 0 aliphatic heterocycles. The molecule has 0 aliphatic rings. The second-order valence-corrected chi connectivity index (χ2v) is 7.13. The van der Waals surface area contributed by atoms with Crippen LogP contribution in [0, 0.1) is 5.82 Å². The maximum absolute atomic E-state index is 13.2. The molecule has 28 heavy (non-hydrogen) atoms. The topological polar surface area (TPSA) is 55.6 Å². The Hall–Kier alpha value is -3.19.